The number of benzene rings is 1. The van der Waals surface area contributed by atoms with E-state index in [1.54, 1.807) is 17.5 Å². The van der Waals surface area contributed by atoms with Gasteiger partial charge in [0.2, 0.25) is 0 Å². The smallest absolute Gasteiger partial charge is 0.135 e. The quantitative estimate of drug-likeness (QED) is 0.624. The molecular formula is C15H21N2OPS. The largest absolute Gasteiger partial charge is 0.317 e. The van der Waals surface area contributed by atoms with E-state index in [9.17, 15) is 4.57 Å². The SMILES string of the molecule is CCCCNC(c1nccs1)P(C)(=O)c1ccccc1. The molecule has 2 rings (SSSR count). The van der Waals surface area contributed by atoms with Gasteiger partial charge in [0.1, 0.15) is 17.9 Å². The Hall–Kier alpha value is -0.960. The minimum Gasteiger partial charge on any atom is -0.317 e. The third-order valence-electron chi connectivity index (χ3n) is 3.31. The van der Waals surface area contributed by atoms with E-state index in [1.807, 2.05) is 42.4 Å². The normalized spacial score (nSPS) is 15.7. The molecule has 0 aliphatic heterocycles. The second-order valence-corrected chi connectivity index (χ2v) is 8.85. The van der Waals surface area contributed by atoms with E-state index in [0.29, 0.717) is 0 Å². The summed E-state index contributed by atoms with van der Waals surface area (Å²) in [5.41, 5.74) is 0. The standard InChI is InChI=1S/C15H21N2OPS/c1-3-4-10-16-14(15-17-11-12-20-15)19(2,18)13-8-6-5-7-9-13/h5-9,11-12,14,16H,3-4,10H2,1-2H3. The number of rotatable bonds is 7. The third kappa shape index (κ3) is 3.57. The summed E-state index contributed by atoms with van der Waals surface area (Å²) in [6.07, 6.45) is 3.98. The molecule has 1 heterocycles. The van der Waals surface area contributed by atoms with Crippen molar-refractivity contribution in [3.05, 3.63) is 46.9 Å². The highest BCUT2D eigenvalue weighted by atomic mass is 32.1. The molecule has 108 valence electrons. The Bertz CT molecular complexity index is 557. The number of hydrogen-bond acceptors (Lipinski definition) is 4. The van der Waals surface area contributed by atoms with Crippen molar-refractivity contribution >= 4 is 23.8 Å². The summed E-state index contributed by atoms with van der Waals surface area (Å²) in [5, 5.41) is 7.21. The van der Waals surface area contributed by atoms with Crippen LogP contribution in [0.2, 0.25) is 0 Å². The molecule has 0 saturated heterocycles. The summed E-state index contributed by atoms with van der Waals surface area (Å²) in [5.74, 6) is -0.184. The maximum atomic E-state index is 13.3. The average molecular weight is 308 g/mol. The molecule has 1 N–H and O–H groups in total. The predicted octanol–water partition coefficient (Wildman–Crippen LogP) is 3.85. The molecule has 0 radical (unpaired) electrons. The van der Waals surface area contributed by atoms with E-state index in [2.05, 4.69) is 17.2 Å². The summed E-state index contributed by atoms with van der Waals surface area (Å²) >= 11 is 1.56. The molecule has 5 heteroatoms. The van der Waals surface area contributed by atoms with Crippen LogP contribution < -0.4 is 10.6 Å². The molecule has 0 aliphatic rings. The van der Waals surface area contributed by atoms with Crippen LogP contribution in [-0.2, 0) is 4.57 Å². The van der Waals surface area contributed by atoms with Crippen molar-refractivity contribution in [2.75, 3.05) is 13.2 Å². The van der Waals surface area contributed by atoms with Crippen LogP contribution in [0.15, 0.2) is 41.9 Å². The summed E-state index contributed by atoms with van der Waals surface area (Å²) in [7, 11) is -2.55. The number of aromatic nitrogens is 1. The summed E-state index contributed by atoms with van der Waals surface area (Å²) in [6.45, 7) is 4.88. The number of thiazole rings is 1. The Morgan fingerprint density at radius 3 is 2.70 bits per heavy atom. The number of nitrogens with zero attached hydrogens (tertiary/aromatic N) is 1. The van der Waals surface area contributed by atoms with Gasteiger partial charge in [-0.05, 0) is 19.6 Å². The highest BCUT2D eigenvalue weighted by Gasteiger charge is 2.32. The van der Waals surface area contributed by atoms with Gasteiger partial charge in [0.05, 0.1) is 0 Å². The maximum Gasteiger partial charge on any atom is 0.135 e. The lowest BCUT2D eigenvalue weighted by Crippen LogP contribution is -2.26. The van der Waals surface area contributed by atoms with Gasteiger partial charge in [-0.3, -0.25) is 0 Å². The van der Waals surface area contributed by atoms with Crippen LogP contribution in [-0.4, -0.2) is 18.2 Å². The number of unbranched alkanes of at least 4 members (excludes halogenated alkanes) is 1. The lowest BCUT2D eigenvalue weighted by Gasteiger charge is -2.24. The molecule has 0 amide bonds. The van der Waals surface area contributed by atoms with Crippen LogP contribution in [0, 0.1) is 0 Å². The van der Waals surface area contributed by atoms with Gasteiger partial charge in [-0.25, -0.2) is 4.98 Å². The second kappa shape index (κ2) is 7.16. The lowest BCUT2D eigenvalue weighted by molar-refractivity contribution is 0.550. The Morgan fingerprint density at radius 2 is 2.10 bits per heavy atom. The topological polar surface area (TPSA) is 42.0 Å². The van der Waals surface area contributed by atoms with Crippen LogP contribution in [0.1, 0.15) is 30.6 Å². The van der Waals surface area contributed by atoms with Crippen molar-refractivity contribution in [2.24, 2.45) is 0 Å². The fourth-order valence-electron chi connectivity index (χ4n) is 2.13. The Kier molecular flexibility index (Phi) is 5.53. The zero-order chi connectivity index (χ0) is 14.4. The summed E-state index contributed by atoms with van der Waals surface area (Å²) in [4.78, 5) is 4.37. The molecule has 2 unspecified atom stereocenters. The summed E-state index contributed by atoms with van der Waals surface area (Å²) in [6, 6.07) is 9.73. The van der Waals surface area contributed by atoms with Crippen molar-refractivity contribution in [1.82, 2.24) is 10.3 Å². The maximum absolute atomic E-state index is 13.3. The fourth-order valence-corrected chi connectivity index (χ4v) is 5.54. The van der Waals surface area contributed by atoms with Crippen molar-refractivity contribution < 1.29 is 4.57 Å². The van der Waals surface area contributed by atoms with Crippen LogP contribution in [0.5, 0.6) is 0 Å². The fraction of sp³-hybridized carbons (Fsp3) is 0.400. The van der Waals surface area contributed by atoms with E-state index in [1.165, 1.54) is 0 Å². The minimum absolute atomic E-state index is 0.184. The molecule has 2 atom stereocenters. The van der Waals surface area contributed by atoms with E-state index in [0.717, 1.165) is 29.7 Å². The van der Waals surface area contributed by atoms with E-state index >= 15 is 0 Å². The molecule has 1 aromatic carbocycles. The van der Waals surface area contributed by atoms with Gasteiger partial charge < -0.3 is 9.88 Å². The van der Waals surface area contributed by atoms with E-state index < -0.39 is 7.14 Å². The van der Waals surface area contributed by atoms with Gasteiger partial charge in [0.15, 0.2) is 0 Å². The molecule has 2 aromatic rings. The summed E-state index contributed by atoms with van der Waals surface area (Å²) < 4.78 is 13.3. The molecule has 0 bridgehead atoms. The monoisotopic (exact) mass is 308 g/mol. The molecule has 0 fully saturated rings. The van der Waals surface area contributed by atoms with Gasteiger partial charge in [0, 0.05) is 16.9 Å². The van der Waals surface area contributed by atoms with Crippen LogP contribution in [0.3, 0.4) is 0 Å². The Morgan fingerprint density at radius 1 is 1.35 bits per heavy atom. The Balaban J connectivity index is 2.28. The first-order valence-electron chi connectivity index (χ1n) is 6.92. The molecule has 3 nitrogen and oxygen atoms in total. The van der Waals surface area contributed by atoms with Gasteiger partial charge in [-0.2, -0.15) is 0 Å². The lowest BCUT2D eigenvalue weighted by atomic mass is 10.3. The first-order chi connectivity index (χ1) is 9.66. The average Bonchev–Trinajstić information content (AvgIpc) is 2.98. The highest BCUT2D eigenvalue weighted by molar-refractivity contribution is 7.71. The predicted molar refractivity (Wildman–Crippen MR) is 87.4 cm³/mol. The van der Waals surface area contributed by atoms with Gasteiger partial charge >= 0.3 is 0 Å². The highest BCUT2D eigenvalue weighted by Crippen LogP contribution is 2.53. The van der Waals surface area contributed by atoms with Crippen molar-refractivity contribution in [1.29, 1.82) is 0 Å². The molecule has 0 spiro atoms. The third-order valence-corrected chi connectivity index (χ3v) is 7.07. The molecule has 20 heavy (non-hydrogen) atoms. The molecule has 0 saturated carbocycles. The first kappa shape index (κ1) is 15.4. The first-order valence-corrected chi connectivity index (χ1v) is 10.0. The number of nitrogens with one attached hydrogen (secondary N) is 1. The molecular weight excluding hydrogens is 287 g/mol. The second-order valence-electron chi connectivity index (χ2n) is 4.91. The number of hydrogen-bond donors (Lipinski definition) is 1. The zero-order valence-corrected chi connectivity index (χ0v) is 13.7. The minimum atomic E-state index is -2.55. The van der Waals surface area contributed by atoms with Crippen LogP contribution in [0.25, 0.3) is 0 Å². The van der Waals surface area contributed by atoms with Crippen LogP contribution in [0.4, 0.5) is 0 Å². The van der Waals surface area contributed by atoms with E-state index in [4.69, 9.17) is 0 Å². The Labute approximate surface area is 124 Å². The van der Waals surface area contributed by atoms with Gasteiger partial charge in [0.25, 0.3) is 0 Å². The van der Waals surface area contributed by atoms with Gasteiger partial charge in [-0.1, -0.05) is 43.7 Å². The zero-order valence-electron chi connectivity index (χ0n) is 12.0. The van der Waals surface area contributed by atoms with Crippen molar-refractivity contribution in [3.63, 3.8) is 0 Å². The van der Waals surface area contributed by atoms with Gasteiger partial charge in [-0.15, -0.1) is 11.3 Å². The van der Waals surface area contributed by atoms with E-state index in [-0.39, 0.29) is 5.78 Å². The van der Waals surface area contributed by atoms with Crippen molar-refractivity contribution in [3.8, 4) is 0 Å². The molecule has 1 aromatic heterocycles. The molecule has 0 aliphatic carbocycles. The van der Waals surface area contributed by atoms with Crippen molar-refractivity contribution in [2.45, 2.75) is 25.5 Å². The van der Waals surface area contributed by atoms with Crippen LogP contribution >= 0.6 is 18.5 Å².